The Balaban J connectivity index is 4.71. The Kier molecular flexibility index (Phi) is 11.8. The zero-order valence-electron chi connectivity index (χ0n) is 14.8. The van der Waals surface area contributed by atoms with Gasteiger partial charge in [-0.25, -0.2) is 4.79 Å². The number of carboxylic acid groups (broad SMARTS) is 1. The molecule has 0 aliphatic heterocycles. The minimum absolute atomic E-state index is 0.200. The second kappa shape index (κ2) is 12.9. The third-order valence-corrected chi connectivity index (χ3v) is 3.88. The summed E-state index contributed by atoms with van der Waals surface area (Å²) in [4.78, 5) is 57.3. The number of rotatable bonds is 13. The van der Waals surface area contributed by atoms with Crippen LogP contribution >= 0.6 is 11.8 Å². The Labute approximate surface area is 159 Å². The molecule has 27 heavy (non-hydrogen) atoms. The molecular weight excluding hydrogens is 382 g/mol. The highest BCUT2D eigenvalue weighted by molar-refractivity contribution is 7.98. The van der Waals surface area contributed by atoms with Crippen LogP contribution in [-0.2, 0) is 24.0 Å². The molecule has 0 heterocycles. The van der Waals surface area contributed by atoms with Gasteiger partial charge in [0.25, 0.3) is 0 Å². The van der Waals surface area contributed by atoms with E-state index in [0.717, 1.165) is 0 Å². The first-order valence-corrected chi connectivity index (χ1v) is 9.25. The van der Waals surface area contributed by atoms with Crippen molar-refractivity contribution in [2.24, 2.45) is 11.5 Å². The zero-order chi connectivity index (χ0) is 21.0. The van der Waals surface area contributed by atoms with Crippen LogP contribution < -0.4 is 27.4 Å². The molecule has 0 aliphatic carbocycles. The fourth-order valence-electron chi connectivity index (χ4n) is 1.82. The van der Waals surface area contributed by atoms with Gasteiger partial charge >= 0.3 is 5.97 Å². The summed E-state index contributed by atoms with van der Waals surface area (Å²) in [6.45, 7) is -1.31. The van der Waals surface area contributed by atoms with Crippen molar-refractivity contribution in [3.63, 3.8) is 0 Å². The molecule has 9 N–H and O–H groups in total. The average molecular weight is 407 g/mol. The Bertz CT molecular complexity index is 560. The number of aliphatic carboxylic acids is 1. The molecule has 0 aliphatic rings. The van der Waals surface area contributed by atoms with Crippen LogP contribution in [0.4, 0.5) is 0 Å². The molecule has 3 unspecified atom stereocenters. The first-order chi connectivity index (χ1) is 12.6. The van der Waals surface area contributed by atoms with Crippen molar-refractivity contribution in [2.45, 2.75) is 31.0 Å². The molecule has 0 aromatic rings. The summed E-state index contributed by atoms with van der Waals surface area (Å²) in [7, 11) is 0. The lowest BCUT2D eigenvalue weighted by molar-refractivity contribution is -0.143. The summed E-state index contributed by atoms with van der Waals surface area (Å²) in [6, 6.07) is -3.76. The Hall–Kier alpha value is -2.38. The second-order valence-corrected chi connectivity index (χ2v) is 6.46. The Morgan fingerprint density at radius 1 is 1.07 bits per heavy atom. The fraction of sp³-hybridized carbons (Fsp3) is 0.643. The zero-order valence-corrected chi connectivity index (χ0v) is 15.6. The molecule has 154 valence electrons. The quantitative estimate of drug-likeness (QED) is 0.159. The van der Waals surface area contributed by atoms with Crippen molar-refractivity contribution < 1.29 is 34.2 Å². The monoisotopic (exact) mass is 407 g/mol. The molecule has 0 aromatic carbocycles. The van der Waals surface area contributed by atoms with E-state index in [1.165, 1.54) is 11.8 Å². The summed E-state index contributed by atoms with van der Waals surface area (Å²) < 4.78 is 0. The van der Waals surface area contributed by atoms with Gasteiger partial charge in [-0.1, -0.05) is 0 Å². The SMILES string of the molecule is CSCCC(NC(=O)CNC(=O)C(N)CC(N)=O)C(=O)NC(CO)C(=O)O. The lowest BCUT2D eigenvalue weighted by atomic mass is 10.2. The number of carbonyl (C=O) groups excluding carboxylic acids is 4. The first-order valence-electron chi connectivity index (χ1n) is 7.86. The Morgan fingerprint density at radius 3 is 2.19 bits per heavy atom. The van der Waals surface area contributed by atoms with Gasteiger partial charge in [-0.15, -0.1) is 0 Å². The molecule has 0 saturated carbocycles. The van der Waals surface area contributed by atoms with Gasteiger partial charge in [-0.05, 0) is 18.4 Å². The maximum atomic E-state index is 12.2. The number of nitrogens with two attached hydrogens (primary N) is 2. The number of hydrogen-bond donors (Lipinski definition) is 7. The molecule has 0 bridgehead atoms. The van der Waals surface area contributed by atoms with Crippen molar-refractivity contribution >= 4 is 41.4 Å². The van der Waals surface area contributed by atoms with E-state index in [1.807, 2.05) is 0 Å². The molecular formula is C14H25N5O7S. The van der Waals surface area contributed by atoms with Crippen molar-refractivity contribution in [3.05, 3.63) is 0 Å². The minimum atomic E-state index is -1.50. The molecule has 0 radical (unpaired) electrons. The number of amides is 4. The highest BCUT2D eigenvalue weighted by Gasteiger charge is 2.26. The van der Waals surface area contributed by atoms with E-state index in [-0.39, 0.29) is 12.8 Å². The normalized spacial score (nSPS) is 13.7. The smallest absolute Gasteiger partial charge is 0.328 e. The molecule has 3 atom stereocenters. The highest BCUT2D eigenvalue weighted by atomic mass is 32.2. The molecule has 4 amide bonds. The van der Waals surface area contributed by atoms with Crippen LogP contribution in [0, 0.1) is 0 Å². The van der Waals surface area contributed by atoms with Gasteiger partial charge in [0.15, 0.2) is 0 Å². The molecule has 0 rings (SSSR count). The van der Waals surface area contributed by atoms with Gasteiger partial charge in [0, 0.05) is 0 Å². The van der Waals surface area contributed by atoms with Crippen LogP contribution in [0.25, 0.3) is 0 Å². The molecule has 13 heteroatoms. The number of carboxylic acids is 1. The number of nitrogens with one attached hydrogen (secondary N) is 3. The lowest BCUT2D eigenvalue weighted by Gasteiger charge is -2.20. The standard InChI is InChI=1S/C14H25N5O7S/c1-27-3-2-8(13(24)19-9(6-20)14(25)26)18-11(22)5-17-12(23)7(15)4-10(16)21/h7-9,20H,2-6,15H2,1H3,(H2,16,21)(H,17,23)(H,18,22)(H,19,24)(H,25,26). The van der Waals surface area contributed by atoms with Crippen molar-refractivity contribution in [1.82, 2.24) is 16.0 Å². The summed E-state index contributed by atoms with van der Waals surface area (Å²) in [5, 5.41) is 24.5. The third-order valence-electron chi connectivity index (χ3n) is 3.24. The van der Waals surface area contributed by atoms with Crippen molar-refractivity contribution in [3.8, 4) is 0 Å². The first kappa shape index (κ1) is 24.6. The molecule has 0 fully saturated rings. The van der Waals surface area contributed by atoms with Crippen molar-refractivity contribution in [2.75, 3.05) is 25.2 Å². The number of aliphatic hydroxyl groups is 1. The van der Waals surface area contributed by atoms with Crippen LogP contribution in [0.1, 0.15) is 12.8 Å². The number of hydrogen-bond acceptors (Lipinski definition) is 8. The molecule has 0 saturated heterocycles. The summed E-state index contributed by atoms with van der Waals surface area (Å²) >= 11 is 1.41. The number of thioether (sulfide) groups is 1. The van der Waals surface area contributed by atoms with Crippen molar-refractivity contribution in [1.29, 1.82) is 0 Å². The van der Waals surface area contributed by atoms with Gasteiger partial charge in [0.05, 0.1) is 25.6 Å². The summed E-state index contributed by atoms with van der Waals surface area (Å²) in [5.74, 6) is -3.96. The topological polar surface area (TPSA) is 214 Å². The van der Waals surface area contributed by atoms with Gasteiger partial charge in [-0.3, -0.25) is 19.2 Å². The van der Waals surface area contributed by atoms with Gasteiger partial charge in [0.1, 0.15) is 12.1 Å². The van der Waals surface area contributed by atoms with Crippen LogP contribution in [-0.4, -0.2) is 83.1 Å². The molecule has 0 spiro atoms. The maximum Gasteiger partial charge on any atom is 0.328 e. The minimum Gasteiger partial charge on any atom is -0.480 e. The van der Waals surface area contributed by atoms with Crippen LogP contribution in [0.15, 0.2) is 0 Å². The van der Waals surface area contributed by atoms with Gasteiger partial charge in [0.2, 0.25) is 23.6 Å². The summed E-state index contributed by atoms with van der Waals surface area (Å²) in [5.41, 5.74) is 10.3. The number of aliphatic hydroxyl groups excluding tert-OH is 1. The molecule has 0 aromatic heterocycles. The van der Waals surface area contributed by atoms with E-state index in [2.05, 4.69) is 16.0 Å². The largest absolute Gasteiger partial charge is 0.480 e. The van der Waals surface area contributed by atoms with E-state index in [9.17, 15) is 24.0 Å². The van der Waals surface area contributed by atoms with Crippen LogP contribution in [0.5, 0.6) is 0 Å². The molecule has 12 nitrogen and oxygen atoms in total. The van der Waals surface area contributed by atoms with E-state index < -0.39 is 60.9 Å². The van der Waals surface area contributed by atoms with Gasteiger partial charge in [-0.2, -0.15) is 11.8 Å². The third kappa shape index (κ3) is 10.4. The average Bonchev–Trinajstić information content (AvgIpc) is 2.59. The maximum absolute atomic E-state index is 12.2. The van der Waals surface area contributed by atoms with Gasteiger partial charge < -0.3 is 37.6 Å². The Morgan fingerprint density at radius 2 is 1.70 bits per heavy atom. The van der Waals surface area contributed by atoms with E-state index in [0.29, 0.717) is 5.75 Å². The van der Waals surface area contributed by atoms with E-state index >= 15 is 0 Å². The van der Waals surface area contributed by atoms with E-state index in [4.69, 9.17) is 21.7 Å². The van der Waals surface area contributed by atoms with Crippen LogP contribution in [0.2, 0.25) is 0 Å². The number of primary amides is 1. The fourth-order valence-corrected chi connectivity index (χ4v) is 2.29. The summed E-state index contributed by atoms with van der Waals surface area (Å²) in [6.07, 6.45) is 1.60. The lowest BCUT2D eigenvalue weighted by Crippen LogP contribution is -2.54. The predicted molar refractivity (Wildman–Crippen MR) is 96.4 cm³/mol. The van der Waals surface area contributed by atoms with Crippen LogP contribution in [0.3, 0.4) is 0 Å². The van der Waals surface area contributed by atoms with E-state index in [1.54, 1.807) is 6.26 Å². The second-order valence-electron chi connectivity index (χ2n) is 5.48. The predicted octanol–water partition coefficient (Wildman–Crippen LogP) is -3.90. The highest BCUT2D eigenvalue weighted by Crippen LogP contribution is 2.02. The number of carbonyl (C=O) groups is 5.